The van der Waals surface area contributed by atoms with E-state index in [1.165, 1.54) is 0 Å². The Kier molecular flexibility index (Phi) is 8.43. The Bertz CT molecular complexity index is 630. The summed E-state index contributed by atoms with van der Waals surface area (Å²) in [5.74, 6) is 2.40. The second-order valence-electron chi connectivity index (χ2n) is 7.37. The Balaban J connectivity index is 1.93. The van der Waals surface area contributed by atoms with Crippen LogP contribution in [0.3, 0.4) is 0 Å². The molecule has 0 saturated carbocycles. The van der Waals surface area contributed by atoms with E-state index in [-0.39, 0.29) is 11.9 Å². The second-order valence-corrected chi connectivity index (χ2v) is 7.37. The molecule has 0 aromatic heterocycles. The van der Waals surface area contributed by atoms with E-state index < -0.39 is 0 Å². The van der Waals surface area contributed by atoms with Gasteiger partial charge in [-0.25, -0.2) is 4.99 Å². The maximum absolute atomic E-state index is 11.8. The second kappa shape index (κ2) is 10.8. The summed E-state index contributed by atoms with van der Waals surface area (Å²) in [5, 5.41) is 6.76. The maximum Gasteiger partial charge on any atom is 0.222 e. The normalized spacial score (nSPS) is 17.3. The number of hydrogen-bond donors (Lipinski definition) is 2. The quantitative estimate of drug-likeness (QED) is 0.542. The number of guanidine groups is 1. The van der Waals surface area contributed by atoms with Gasteiger partial charge in [0.1, 0.15) is 5.75 Å². The highest BCUT2D eigenvalue weighted by molar-refractivity contribution is 5.80. The molecule has 1 aromatic carbocycles. The highest BCUT2D eigenvalue weighted by Gasteiger charge is 2.25. The van der Waals surface area contributed by atoms with Gasteiger partial charge in [-0.2, -0.15) is 0 Å². The summed E-state index contributed by atoms with van der Waals surface area (Å²) in [4.78, 5) is 18.5. The fourth-order valence-corrected chi connectivity index (χ4v) is 3.01. The van der Waals surface area contributed by atoms with Crippen molar-refractivity contribution in [2.45, 2.75) is 53.1 Å². The molecule has 1 heterocycles. The van der Waals surface area contributed by atoms with Crippen molar-refractivity contribution >= 4 is 11.9 Å². The third kappa shape index (κ3) is 7.12. The number of nitrogens with one attached hydrogen (secondary N) is 2. The summed E-state index contributed by atoms with van der Waals surface area (Å²) in [5.41, 5.74) is 1.11. The van der Waals surface area contributed by atoms with Crippen LogP contribution in [-0.2, 0) is 11.3 Å². The number of carbonyl (C=O) groups excluding carboxylic acids is 1. The van der Waals surface area contributed by atoms with Crippen LogP contribution >= 0.6 is 0 Å². The first-order chi connectivity index (χ1) is 13.0. The molecule has 6 heteroatoms. The Morgan fingerprint density at radius 2 is 2.19 bits per heavy atom. The molecule has 1 fully saturated rings. The number of amides is 1. The minimum Gasteiger partial charge on any atom is -0.493 e. The lowest BCUT2D eigenvalue weighted by molar-refractivity contribution is -0.129. The highest BCUT2D eigenvalue weighted by Crippen LogP contribution is 2.15. The van der Waals surface area contributed by atoms with Crippen molar-refractivity contribution in [3.63, 3.8) is 0 Å². The number of ether oxygens (including phenoxy) is 1. The standard InChI is InChI=1S/C21H34N4O2/c1-5-20(26)25-11-10-18(14-25)24-21(22-6-2)23-13-17-8-7-9-19(12-17)27-15-16(3)4/h7-9,12,16,18H,5-6,10-11,13-15H2,1-4H3,(H2,22,23,24). The van der Waals surface area contributed by atoms with Crippen molar-refractivity contribution < 1.29 is 9.53 Å². The van der Waals surface area contributed by atoms with Gasteiger partial charge in [0.2, 0.25) is 5.91 Å². The lowest BCUT2D eigenvalue weighted by Gasteiger charge is -2.18. The van der Waals surface area contributed by atoms with Gasteiger partial charge in [-0.1, -0.05) is 32.9 Å². The first-order valence-electron chi connectivity index (χ1n) is 10.1. The molecule has 0 radical (unpaired) electrons. The number of benzene rings is 1. The molecule has 0 spiro atoms. The summed E-state index contributed by atoms with van der Waals surface area (Å²) in [6.07, 6.45) is 1.52. The predicted octanol–water partition coefficient (Wildman–Crippen LogP) is 2.79. The zero-order valence-corrected chi connectivity index (χ0v) is 17.1. The van der Waals surface area contributed by atoms with Crippen molar-refractivity contribution in [1.82, 2.24) is 15.5 Å². The van der Waals surface area contributed by atoms with E-state index in [0.717, 1.165) is 43.3 Å². The van der Waals surface area contributed by atoms with E-state index in [1.807, 2.05) is 30.0 Å². The molecular weight excluding hydrogens is 340 g/mol. The van der Waals surface area contributed by atoms with Crippen LogP contribution in [0, 0.1) is 5.92 Å². The molecule has 1 amide bonds. The SMILES string of the molecule is CCNC(=NCc1cccc(OCC(C)C)c1)NC1CCN(C(=O)CC)C1. The lowest BCUT2D eigenvalue weighted by atomic mass is 10.2. The van der Waals surface area contributed by atoms with Gasteiger partial charge in [0, 0.05) is 32.1 Å². The van der Waals surface area contributed by atoms with Crippen LogP contribution in [0.25, 0.3) is 0 Å². The number of hydrogen-bond acceptors (Lipinski definition) is 3. The first-order valence-corrected chi connectivity index (χ1v) is 10.1. The Hall–Kier alpha value is -2.24. The zero-order valence-electron chi connectivity index (χ0n) is 17.1. The van der Waals surface area contributed by atoms with Gasteiger partial charge in [0.05, 0.1) is 13.2 Å². The van der Waals surface area contributed by atoms with Crippen LogP contribution < -0.4 is 15.4 Å². The van der Waals surface area contributed by atoms with E-state index in [1.54, 1.807) is 0 Å². The summed E-state index contributed by atoms with van der Waals surface area (Å²) in [7, 11) is 0. The van der Waals surface area contributed by atoms with E-state index in [2.05, 4.69) is 37.5 Å². The van der Waals surface area contributed by atoms with Crippen LogP contribution in [0.1, 0.15) is 46.1 Å². The van der Waals surface area contributed by atoms with Gasteiger partial charge in [-0.05, 0) is 37.0 Å². The van der Waals surface area contributed by atoms with E-state index in [9.17, 15) is 4.79 Å². The molecule has 1 atom stereocenters. The molecule has 1 aliphatic heterocycles. The molecule has 6 nitrogen and oxygen atoms in total. The Morgan fingerprint density at radius 1 is 1.37 bits per heavy atom. The number of carbonyl (C=O) groups is 1. The van der Waals surface area contributed by atoms with Crippen molar-refractivity contribution in [2.24, 2.45) is 10.9 Å². The molecule has 1 aromatic rings. The van der Waals surface area contributed by atoms with Crippen LogP contribution in [0.15, 0.2) is 29.3 Å². The van der Waals surface area contributed by atoms with Gasteiger partial charge in [-0.15, -0.1) is 0 Å². The number of aliphatic imine (C=N–C) groups is 1. The molecule has 1 unspecified atom stereocenters. The largest absolute Gasteiger partial charge is 0.493 e. The van der Waals surface area contributed by atoms with Gasteiger partial charge < -0.3 is 20.3 Å². The third-order valence-electron chi connectivity index (χ3n) is 4.43. The van der Waals surface area contributed by atoms with Crippen LogP contribution in [0.5, 0.6) is 5.75 Å². The summed E-state index contributed by atoms with van der Waals surface area (Å²) in [6, 6.07) is 8.35. The van der Waals surface area contributed by atoms with Crippen molar-refractivity contribution in [2.75, 3.05) is 26.2 Å². The predicted molar refractivity (Wildman–Crippen MR) is 110 cm³/mol. The molecule has 27 heavy (non-hydrogen) atoms. The molecular formula is C21H34N4O2. The van der Waals surface area contributed by atoms with E-state index in [0.29, 0.717) is 25.5 Å². The van der Waals surface area contributed by atoms with Crippen molar-refractivity contribution in [3.05, 3.63) is 29.8 Å². The summed E-state index contributed by atoms with van der Waals surface area (Å²) < 4.78 is 5.80. The molecule has 0 aliphatic carbocycles. The van der Waals surface area contributed by atoms with Gasteiger partial charge in [-0.3, -0.25) is 4.79 Å². The Morgan fingerprint density at radius 3 is 2.89 bits per heavy atom. The van der Waals surface area contributed by atoms with Crippen LogP contribution in [-0.4, -0.2) is 49.0 Å². The van der Waals surface area contributed by atoms with Gasteiger partial charge in [0.25, 0.3) is 0 Å². The average molecular weight is 375 g/mol. The van der Waals surface area contributed by atoms with Crippen molar-refractivity contribution in [1.29, 1.82) is 0 Å². The molecule has 1 aliphatic rings. The maximum atomic E-state index is 11.8. The molecule has 1 saturated heterocycles. The van der Waals surface area contributed by atoms with Crippen LogP contribution in [0.2, 0.25) is 0 Å². The van der Waals surface area contributed by atoms with E-state index >= 15 is 0 Å². The fourth-order valence-electron chi connectivity index (χ4n) is 3.01. The first kappa shape index (κ1) is 21.1. The van der Waals surface area contributed by atoms with Crippen molar-refractivity contribution in [3.8, 4) is 5.75 Å². The van der Waals surface area contributed by atoms with E-state index in [4.69, 9.17) is 9.73 Å². The van der Waals surface area contributed by atoms with Crippen LogP contribution in [0.4, 0.5) is 0 Å². The molecule has 2 rings (SSSR count). The smallest absolute Gasteiger partial charge is 0.222 e. The zero-order chi connectivity index (χ0) is 19.6. The summed E-state index contributed by atoms with van der Waals surface area (Å²) >= 11 is 0. The Labute approximate surface area is 163 Å². The third-order valence-corrected chi connectivity index (χ3v) is 4.43. The molecule has 150 valence electrons. The lowest BCUT2D eigenvalue weighted by Crippen LogP contribution is -2.45. The molecule has 0 bridgehead atoms. The fraction of sp³-hybridized carbons (Fsp3) is 0.619. The monoisotopic (exact) mass is 374 g/mol. The summed E-state index contributed by atoms with van der Waals surface area (Å²) in [6.45, 7) is 11.9. The minimum absolute atomic E-state index is 0.222. The van der Waals surface area contributed by atoms with Gasteiger partial charge >= 0.3 is 0 Å². The highest BCUT2D eigenvalue weighted by atomic mass is 16.5. The molecule has 2 N–H and O–H groups in total. The average Bonchev–Trinajstić information content (AvgIpc) is 3.13. The topological polar surface area (TPSA) is 66.0 Å². The van der Waals surface area contributed by atoms with Gasteiger partial charge in [0.15, 0.2) is 5.96 Å². The number of likely N-dealkylation sites (tertiary alicyclic amines) is 1. The minimum atomic E-state index is 0.222. The number of nitrogens with zero attached hydrogens (tertiary/aromatic N) is 2. The number of rotatable bonds is 8.